The smallest absolute Gasteiger partial charge is 0.164 e. The summed E-state index contributed by atoms with van der Waals surface area (Å²) < 4.78 is 2.12. The maximum absolute atomic E-state index is 11.8. The van der Waals surface area contributed by atoms with Gasteiger partial charge < -0.3 is 10.3 Å². The zero-order valence-corrected chi connectivity index (χ0v) is 10.2. The second kappa shape index (κ2) is 4.42. The van der Waals surface area contributed by atoms with Gasteiger partial charge in [0.1, 0.15) is 0 Å². The zero-order valence-electron chi connectivity index (χ0n) is 10.2. The first kappa shape index (κ1) is 11.2. The molecule has 0 saturated heterocycles. The summed E-state index contributed by atoms with van der Waals surface area (Å²) in [7, 11) is 0. The van der Waals surface area contributed by atoms with Gasteiger partial charge in [-0.25, -0.2) is 0 Å². The minimum absolute atomic E-state index is 0.272. The summed E-state index contributed by atoms with van der Waals surface area (Å²) in [4.78, 5) is 11.8. The Hall–Kier alpha value is -1.87. The fraction of sp³-hybridized carbons (Fsp3) is 0.267. The molecule has 18 heavy (non-hydrogen) atoms. The summed E-state index contributed by atoms with van der Waals surface area (Å²) >= 11 is 0. The van der Waals surface area contributed by atoms with Crippen LogP contribution in [0.1, 0.15) is 34.5 Å². The Bertz CT molecular complexity index is 581. The molecule has 1 aromatic heterocycles. The number of ketones is 1. The molecule has 0 saturated carbocycles. The molecule has 1 aliphatic carbocycles. The first-order valence-corrected chi connectivity index (χ1v) is 6.32. The molecule has 0 aliphatic heterocycles. The van der Waals surface area contributed by atoms with Crippen LogP contribution < -0.4 is 5.73 Å². The van der Waals surface area contributed by atoms with Gasteiger partial charge in [0, 0.05) is 36.1 Å². The molecule has 0 atom stereocenters. The van der Waals surface area contributed by atoms with Crippen molar-refractivity contribution in [2.45, 2.75) is 25.8 Å². The van der Waals surface area contributed by atoms with Crippen LogP contribution in [0.2, 0.25) is 0 Å². The summed E-state index contributed by atoms with van der Waals surface area (Å²) in [6, 6.07) is 10.1. The number of rotatable bonds is 2. The maximum atomic E-state index is 11.8. The summed E-state index contributed by atoms with van der Waals surface area (Å²) in [5, 5.41) is 0. The molecule has 1 heterocycles. The fourth-order valence-corrected chi connectivity index (χ4v) is 2.56. The van der Waals surface area contributed by atoms with Crippen molar-refractivity contribution >= 4 is 5.78 Å². The van der Waals surface area contributed by atoms with E-state index in [9.17, 15) is 4.79 Å². The first-order chi connectivity index (χ1) is 8.79. The van der Waals surface area contributed by atoms with Crippen molar-refractivity contribution in [3.8, 4) is 5.69 Å². The van der Waals surface area contributed by atoms with Gasteiger partial charge in [-0.05, 0) is 36.6 Å². The normalized spacial score (nSPS) is 14.6. The predicted octanol–water partition coefficient (Wildman–Crippen LogP) is 2.46. The third-order valence-electron chi connectivity index (χ3n) is 3.56. The van der Waals surface area contributed by atoms with Crippen LogP contribution in [0.4, 0.5) is 0 Å². The van der Waals surface area contributed by atoms with Crippen molar-refractivity contribution in [3.63, 3.8) is 0 Å². The van der Waals surface area contributed by atoms with E-state index < -0.39 is 0 Å². The predicted molar refractivity (Wildman–Crippen MR) is 70.9 cm³/mol. The lowest BCUT2D eigenvalue weighted by Crippen LogP contribution is -2.12. The van der Waals surface area contributed by atoms with Gasteiger partial charge in [0.05, 0.1) is 0 Å². The Morgan fingerprint density at radius 3 is 2.61 bits per heavy atom. The molecule has 1 aliphatic rings. The van der Waals surface area contributed by atoms with E-state index in [1.54, 1.807) is 0 Å². The monoisotopic (exact) mass is 240 g/mol. The van der Waals surface area contributed by atoms with Gasteiger partial charge in [-0.1, -0.05) is 12.1 Å². The molecule has 0 fully saturated rings. The minimum atomic E-state index is 0.272. The Balaban J connectivity index is 2.04. The van der Waals surface area contributed by atoms with Gasteiger partial charge in [-0.2, -0.15) is 0 Å². The molecule has 0 radical (unpaired) electrons. The lowest BCUT2D eigenvalue weighted by Gasteiger charge is -2.15. The molecule has 3 nitrogen and oxygen atoms in total. The number of Topliss-reactive ketones (excluding diaryl/α,β-unsaturated/α-hetero) is 1. The molecule has 1 aromatic carbocycles. The molecule has 2 aromatic rings. The standard InChI is InChI=1S/C15H16N2O/c16-10-11-4-6-12(7-5-11)17-9-8-13-14(17)2-1-3-15(13)18/h4-9H,1-3,10,16H2. The molecular weight excluding hydrogens is 224 g/mol. The molecule has 0 spiro atoms. The summed E-state index contributed by atoms with van der Waals surface area (Å²) in [6.07, 6.45) is 4.61. The highest BCUT2D eigenvalue weighted by Crippen LogP contribution is 2.25. The van der Waals surface area contributed by atoms with Crippen molar-refractivity contribution in [1.29, 1.82) is 0 Å². The van der Waals surface area contributed by atoms with Crippen LogP contribution in [0.25, 0.3) is 5.69 Å². The molecular formula is C15H16N2O. The number of nitrogens with two attached hydrogens (primary N) is 1. The van der Waals surface area contributed by atoms with E-state index in [1.165, 1.54) is 0 Å². The number of carbonyl (C=O) groups is 1. The molecule has 0 amide bonds. The third kappa shape index (κ3) is 1.77. The zero-order chi connectivity index (χ0) is 12.5. The van der Waals surface area contributed by atoms with Crippen molar-refractivity contribution < 1.29 is 4.79 Å². The molecule has 0 unspecified atom stereocenters. The van der Waals surface area contributed by atoms with Gasteiger partial charge in [-0.3, -0.25) is 4.79 Å². The lowest BCUT2D eigenvalue weighted by atomic mass is 9.97. The van der Waals surface area contributed by atoms with Crippen LogP contribution in [-0.2, 0) is 13.0 Å². The average Bonchev–Trinajstić information content (AvgIpc) is 2.84. The van der Waals surface area contributed by atoms with Crippen molar-refractivity contribution in [2.24, 2.45) is 5.73 Å². The molecule has 3 rings (SSSR count). The molecule has 0 bridgehead atoms. The number of carbonyl (C=O) groups excluding carboxylic acids is 1. The molecule has 3 heteroatoms. The van der Waals surface area contributed by atoms with Gasteiger partial charge in [0.25, 0.3) is 0 Å². The Morgan fingerprint density at radius 1 is 1.11 bits per heavy atom. The number of aromatic nitrogens is 1. The third-order valence-corrected chi connectivity index (χ3v) is 3.56. The van der Waals surface area contributed by atoms with E-state index in [-0.39, 0.29) is 5.78 Å². The summed E-state index contributed by atoms with van der Waals surface area (Å²) in [5.41, 5.74) is 9.86. The van der Waals surface area contributed by atoms with E-state index in [1.807, 2.05) is 24.4 Å². The Morgan fingerprint density at radius 2 is 1.89 bits per heavy atom. The molecule has 2 N–H and O–H groups in total. The van der Waals surface area contributed by atoms with Crippen molar-refractivity contribution in [3.05, 3.63) is 53.3 Å². The van der Waals surface area contributed by atoms with Crippen LogP contribution in [0.3, 0.4) is 0 Å². The van der Waals surface area contributed by atoms with Gasteiger partial charge in [0.15, 0.2) is 5.78 Å². The maximum Gasteiger partial charge on any atom is 0.164 e. The topological polar surface area (TPSA) is 48.0 Å². The number of nitrogens with zero attached hydrogens (tertiary/aromatic N) is 1. The second-order valence-electron chi connectivity index (χ2n) is 4.69. The van der Waals surface area contributed by atoms with Gasteiger partial charge in [0.2, 0.25) is 0 Å². The van der Waals surface area contributed by atoms with E-state index >= 15 is 0 Å². The Kier molecular flexibility index (Phi) is 2.76. The second-order valence-corrected chi connectivity index (χ2v) is 4.69. The van der Waals surface area contributed by atoms with Crippen LogP contribution in [0.5, 0.6) is 0 Å². The lowest BCUT2D eigenvalue weighted by molar-refractivity contribution is 0.0972. The summed E-state index contributed by atoms with van der Waals surface area (Å²) in [6.45, 7) is 0.558. The van der Waals surface area contributed by atoms with Gasteiger partial charge >= 0.3 is 0 Å². The van der Waals surface area contributed by atoms with Gasteiger partial charge in [-0.15, -0.1) is 0 Å². The highest BCUT2D eigenvalue weighted by atomic mass is 16.1. The number of fused-ring (bicyclic) bond motifs is 1. The largest absolute Gasteiger partial charge is 0.326 e. The first-order valence-electron chi connectivity index (χ1n) is 6.32. The highest BCUT2D eigenvalue weighted by molar-refractivity contribution is 5.98. The Labute approximate surface area is 106 Å². The SMILES string of the molecule is NCc1ccc(-n2ccc3c2CCCC3=O)cc1. The van der Waals surface area contributed by atoms with Crippen LogP contribution in [-0.4, -0.2) is 10.4 Å². The minimum Gasteiger partial charge on any atom is -0.326 e. The van der Waals surface area contributed by atoms with Crippen LogP contribution >= 0.6 is 0 Å². The van der Waals surface area contributed by atoms with E-state index in [2.05, 4.69) is 16.7 Å². The van der Waals surface area contributed by atoms with Crippen molar-refractivity contribution in [2.75, 3.05) is 0 Å². The van der Waals surface area contributed by atoms with Crippen LogP contribution in [0, 0.1) is 0 Å². The summed E-state index contributed by atoms with van der Waals surface area (Å²) in [5.74, 6) is 0.272. The quantitative estimate of drug-likeness (QED) is 0.876. The number of hydrogen-bond donors (Lipinski definition) is 1. The average molecular weight is 240 g/mol. The van der Waals surface area contributed by atoms with E-state index in [4.69, 9.17) is 5.73 Å². The number of benzene rings is 1. The van der Waals surface area contributed by atoms with Crippen LogP contribution in [0.15, 0.2) is 36.5 Å². The number of hydrogen-bond acceptors (Lipinski definition) is 2. The molecule has 92 valence electrons. The fourth-order valence-electron chi connectivity index (χ4n) is 2.56. The highest BCUT2D eigenvalue weighted by Gasteiger charge is 2.20. The van der Waals surface area contributed by atoms with E-state index in [0.29, 0.717) is 13.0 Å². The van der Waals surface area contributed by atoms with Crippen molar-refractivity contribution in [1.82, 2.24) is 4.57 Å². The van der Waals surface area contributed by atoms with E-state index in [0.717, 1.165) is 35.3 Å².